The molecule has 0 aliphatic carbocycles. The zero-order valence-corrected chi connectivity index (χ0v) is 12.4. The average molecular weight is 256 g/mol. The zero-order chi connectivity index (χ0) is 13.2. The molecule has 2 N–H and O–H groups in total. The van der Waals surface area contributed by atoms with Gasteiger partial charge in [0.15, 0.2) is 0 Å². The summed E-state index contributed by atoms with van der Waals surface area (Å²) >= 11 is 0. The quantitative estimate of drug-likeness (QED) is 0.653. The van der Waals surface area contributed by atoms with E-state index in [0.717, 1.165) is 25.6 Å². The minimum Gasteiger partial charge on any atom is -0.377 e. The van der Waals surface area contributed by atoms with Crippen molar-refractivity contribution in [2.45, 2.75) is 58.0 Å². The van der Waals surface area contributed by atoms with Crippen LogP contribution < -0.4 is 5.73 Å². The summed E-state index contributed by atoms with van der Waals surface area (Å²) in [5.41, 5.74) is 5.67. The summed E-state index contributed by atoms with van der Waals surface area (Å²) in [5.74, 6) is 0.844. The third-order valence-corrected chi connectivity index (χ3v) is 3.96. The normalized spacial score (nSPS) is 21.7. The third kappa shape index (κ3) is 6.72. The number of hydrogen-bond donors (Lipinski definition) is 1. The molecule has 108 valence electrons. The fraction of sp³-hybridized carbons (Fsp3) is 1.00. The molecular weight excluding hydrogens is 224 g/mol. The lowest BCUT2D eigenvalue weighted by Crippen LogP contribution is -2.29. The third-order valence-electron chi connectivity index (χ3n) is 3.96. The first-order valence-electron chi connectivity index (χ1n) is 7.76. The fourth-order valence-corrected chi connectivity index (χ4v) is 2.95. The van der Waals surface area contributed by atoms with Crippen LogP contribution in [0.2, 0.25) is 0 Å². The highest BCUT2D eigenvalue weighted by molar-refractivity contribution is 4.69. The average Bonchev–Trinajstić information content (AvgIpc) is 2.82. The minimum absolute atomic E-state index is 0.491. The van der Waals surface area contributed by atoms with E-state index in [-0.39, 0.29) is 0 Å². The molecular formula is C15H32N2O. The summed E-state index contributed by atoms with van der Waals surface area (Å²) in [6, 6.07) is 0. The van der Waals surface area contributed by atoms with E-state index in [0.29, 0.717) is 6.10 Å². The molecule has 0 aromatic carbocycles. The van der Waals surface area contributed by atoms with Crippen molar-refractivity contribution in [2.24, 2.45) is 11.7 Å². The smallest absolute Gasteiger partial charge is 0.0702 e. The predicted molar refractivity (Wildman–Crippen MR) is 77.8 cm³/mol. The van der Waals surface area contributed by atoms with Crippen LogP contribution in [0.15, 0.2) is 0 Å². The highest BCUT2D eigenvalue weighted by Crippen LogP contribution is 2.18. The van der Waals surface area contributed by atoms with Crippen LogP contribution in [0.25, 0.3) is 0 Å². The maximum atomic E-state index is 5.67. The molecule has 0 radical (unpaired) electrons. The Morgan fingerprint density at radius 3 is 2.78 bits per heavy atom. The maximum absolute atomic E-state index is 5.67. The van der Waals surface area contributed by atoms with Gasteiger partial charge in [-0.1, -0.05) is 19.8 Å². The standard InChI is InChI=1S/C15H32N2O/c1-3-6-14(9-10-16)7-4-11-17(2)13-15-8-5-12-18-15/h14-15H,3-13,16H2,1-2H3. The molecule has 1 saturated heterocycles. The number of likely N-dealkylation sites (N-methyl/N-ethyl adjacent to an activating group) is 1. The summed E-state index contributed by atoms with van der Waals surface area (Å²) in [6.07, 6.45) is 9.44. The Labute approximate surface area is 113 Å². The Kier molecular flexibility index (Phi) is 8.64. The maximum Gasteiger partial charge on any atom is 0.0702 e. The molecule has 1 fully saturated rings. The van der Waals surface area contributed by atoms with E-state index in [4.69, 9.17) is 10.5 Å². The summed E-state index contributed by atoms with van der Waals surface area (Å²) < 4.78 is 5.67. The highest BCUT2D eigenvalue weighted by atomic mass is 16.5. The van der Waals surface area contributed by atoms with E-state index in [1.807, 2.05) is 0 Å². The summed E-state index contributed by atoms with van der Waals surface area (Å²) in [7, 11) is 2.22. The molecule has 1 heterocycles. The molecule has 0 bridgehead atoms. The minimum atomic E-state index is 0.491. The van der Waals surface area contributed by atoms with Gasteiger partial charge in [-0.25, -0.2) is 0 Å². The molecule has 1 aliphatic heterocycles. The largest absolute Gasteiger partial charge is 0.377 e. The zero-order valence-electron chi connectivity index (χ0n) is 12.4. The Morgan fingerprint density at radius 1 is 1.33 bits per heavy atom. The highest BCUT2D eigenvalue weighted by Gasteiger charge is 2.17. The van der Waals surface area contributed by atoms with Crippen LogP contribution in [0.5, 0.6) is 0 Å². The fourth-order valence-electron chi connectivity index (χ4n) is 2.95. The van der Waals surface area contributed by atoms with E-state index in [2.05, 4.69) is 18.9 Å². The number of nitrogens with zero attached hydrogens (tertiary/aromatic N) is 1. The lowest BCUT2D eigenvalue weighted by atomic mass is 9.94. The Morgan fingerprint density at radius 2 is 2.17 bits per heavy atom. The van der Waals surface area contributed by atoms with Gasteiger partial charge in [-0.15, -0.1) is 0 Å². The van der Waals surface area contributed by atoms with E-state index in [1.165, 1.54) is 51.5 Å². The van der Waals surface area contributed by atoms with Crippen molar-refractivity contribution in [3.8, 4) is 0 Å². The summed E-state index contributed by atoms with van der Waals surface area (Å²) in [6.45, 7) is 6.39. The summed E-state index contributed by atoms with van der Waals surface area (Å²) in [5, 5.41) is 0. The Balaban J connectivity index is 2.06. The first kappa shape index (κ1) is 15.9. The topological polar surface area (TPSA) is 38.5 Å². The van der Waals surface area contributed by atoms with Crippen molar-refractivity contribution >= 4 is 0 Å². The van der Waals surface area contributed by atoms with Gasteiger partial charge in [-0.3, -0.25) is 0 Å². The molecule has 3 nitrogen and oxygen atoms in total. The van der Waals surface area contributed by atoms with Gasteiger partial charge in [-0.2, -0.15) is 0 Å². The van der Waals surface area contributed by atoms with Gasteiger partial charge >= 0.3 is 0 Å². The first-order chi connectivity index (χ1) is 8.76. The SMILES string of the molecule is CCCC(CCN)CCCN(C)CC1CCCO1. The molecule has 18 heavy (non-hydrogen) atoms. The second kappa shape index (κ2) is 9.76. The molecule has 1 aliphatic rings. The first-order valence-corrected chi connectivity index (χ1v) is 7.76. The van der Waals surface area contributed by atoms with Gasteiger partial charge < -0.3 is 15.4 Å². The van der Waals surface area contributed by atoms with Crippen LogP contribution >= 0.6 is 0 Å². The van der Waals surface area contributed by atoms with Crippen LogP contribution in [0.3, 0.4) is 0 Å². The van der Waals surface area contributed by atoms with Gasteiger partial charge in [0.1, 0.15) is 0 Å². The van der Waals surface area contributed by atoms with Crippen LogP contribution in [0.1, 0.15) is 51.9 Å². The van der Waals surface area contributed by atoms with Crippen molar-refractivity contribution in [1.82, 2.24) is 4.90 Å². The Hall–Kier alpha value is -0.120. The van der Waals surface area contributed by atoms with Gasteiger partial charge in [0.25, 0.3) is 0 Å². The molecule has 1 rings (SSSR count). The van der Waals surface area contributed by atoms with Crippen molar-refractivity contribution < 1.29 is 4.74 Å². The number of nitrogens with two attached hydrogens (primary N) is 1. The second-order valence-electron chi connectivity index (χ2n) is 5.77. The van der Waals surface area contributed by atoms with Crippen molar-refractivity contribution in [3.63, 3.8) is 0 Å². The van der Waals surface area contributed by atoms with Gasteiger partial charge in [0, 0.05) is 13.2 Å². The van der Waals surface area contributed by atoms with E-state index in [9.17, 15) is 0 Å². The van der Waals surface area contributed by atoms with Crippen molar-refractivity contribution in [2.75, 3.05) is 33.3 Å². The van der Waals surface area contributed by atoms with Gasteiger partial charge in [0.2, 0.25) is 0 Å². The number of ether oxygens (including phenoxy) is 1. The predicted octanol–water partition coefficient (Wildman–Crippen LogP) is 2.64. The molecule has 0 amide bonds. The lowest BCUT2D eigenvalue weighted by Gasteiger charge is -2.22. The lowest BCUT2D eigenvalue weighted by molar-refractivity contribution is 0.0803. The second-order valence-corrected chi connectivity index (χ2v) is 5.77. The van der Waals surface area contributed by atoms with Crippen LogP contribution in [0, 0.1) is 5.92 Å². The van der Waals surface area contributed by atoms with E-state index in [1.54, 1.807) is 0 Å². The molecule has 2 atom stereocenters. The van der Waals surface area contributed by atoms with E-state index >= 15 is 0 Å². The Bertz CT molecular complexity index is 187. The number of rotatable bonds is 10. The monoisotopic (exact) mass is 256 g/mol. The van der Waals surface area contributed by atoms with Crippen molar-refractivity contribution in [1.29, 1.82) is 0 Å². The van der Waals surface area contributed by atoms with Crippen LogP contribution in [-0.2, 0) is 4.74 Å². The molecule has 0 saturated carbocycles. The molecule has 0 spiro atoms. The van der Waals surface area contributed by atoms with Gasteiger partial charge in [0.05, 0.1) is 6.10 Å². The molecule has 3 heteroatoms. The van der Waals surface area contributed by atoms with Gasteiger partial charge in [-0.05, 0) is 58.2 Å². The summed E-state index contributed by atoms with van der Waals surface area (Å²) in [4.78, 5) is 2.43. The van der Waals surface area contributed by atoms with Crippen LogP contribution in [-0.4, -0.2) is 44.3 Å². The van der Waals surface area contributed by atoms with Crippen molar-refractivity contribution in [3.05, 3.63) is 0 Å². The molecule has 0 aromatic heterocycles. The van der Waals surface area contributed by atoms with Crippen LogP contribution in [0.4, 0.5) is 0 Å². The van der Waals surface area contributed by atoms with E-state index < -0.39 is 0 Å². The molecule has 2 unspecified atom stereocenters. The number of hydrogen-bond acceptors (Lipinski definition) is 3. The molecule has 0 aromatic rings.